The summed E-state index contributed by atoms with van der Waals surface area (Å²) in [6, 6.07) is 15.0. The van der Waals surface area contributed by atoms with Crippen LogP contribution in [0, 0.1) is 11.3 Å². The lowest BCUT2D eigenvalue weighted by atomic mass is 10.1. The van der Waals surface area contributed by atoms with Gasteiger partial charge in [0.15, 0.2) is 11.5 Å². The van der Waals surface area contributed by atoms with Gasteiger partial charge in [-0.3, -0.25) is 4.79 Å². The fraction of sp³-hybridized carbons (Fsp3) is 0.238. The lowest BCUT2D eigenvalue weighted by molar-refractivity contribution is -0.126. The molecule has 1 heterocycles. The van der Waals surface area contributed by atoms with E-state index in [1.54, 1.807) is 4.90 Å². The van der Waals surface area contributed by atoms with Crippen LogP contribution in [-0.4, -0.2) is 49.2 Å². The van der Waals surface area contributed by atoms with Gasteiger partial charge in [-0.2, -0.15) is 5.26 Å². The van der Waals surface area contributed by atoms with E-state index in [1.807, 2.05) is 36.4 Å². The second kappa shape index (κ2) is 8.68. The van der Waals surface area contributed by atoms with Gasteiger partial charge in [-0.1, -0.05) is 29.8 Å². The zero-order valence-electron chi connectivity index (χ0n) is 15.4. The van der Waals surface area contributed by atoms with Crippen LogP contribution in [0.4, 0.5) is 5.69 Å². The number of phenolic OH excluding ortho intramolecular Hbond substituents is 1. The SMILES string of the molecule is COc1cc(/C=C(\C#N)C(=O)N2CCN(c3ccccc3)CC2)cc(Cl)c1O. The van der Waals surface area contributed by atoms with Crippen molar-refractivity contribution in [1.82, 2.24) is 4.90 Å². The molecule has 0 unspecified atom stereocenters. The Hall–Kier alpha value is -3.17. The number of anilines is 1. The zero-order valence-corrected chi connectivity index (χ0v) is 16.2. The highest BCUT2D eigenvalue weighted by molar-refractivity contribution is 6.32. The van der Waals surface area contributed by atoms with Gasteiger partial charge in [0.25, 0.3) is 5.91 Å². The molecule has 2 aromatic rings. The normalized spacial score (nSPS) is 14.5. The largest absolute Gasteiger partial charge is 0.503 e. The number of amides is 1. The first-order chi connectivity index (χ1) is 13.5. The minimum absolute atomic E-state index is 0.0111. The van der Waals surface area contributed by atoms with E-state index < -0.39 is 0 Å². The number of para-hydroxylation sites is 1. The number of ether oxygens (including phenoxy) is 1. The van der Waals surface area contributed by atoms with Gasteiger partial charge in [0.2, 0.25) is 0 Å². The standard InChI is InChI=1S/C21H20ClN3O3/c1-28-19-13-15(12-18(22)20(19)26)11-16(14-23)21(27)25-9-7-24(8-10-25)17-5-3-2-4-6-17/h2-6,11-13,26H,7-10H2,1H3/b16-11+. The number of hydrogen-bond acceptors (Lipinski definition) is 5. The van der Waals surface area contributed by atoms with Crippen molar-refractivity contribution in [2.24, 2.45) is 0 Å². The number of nitriles is 1. The minimum atomic E-state index is -0.321. The Morgan fingerprint density at radius 3 is 2.50 bits per heavy atom. The van der Waals surface area contributed by atoms with Gasteiger partial charge in [0.05, 0.1) is 12.1 Å². The van der Waals surface area contributed by atoms with Gasteiger partial charge < -0.3 is 19.6 Å². The van der Waals surface area contributed by atoms with Crippen LogP contribution in [0.25, 0.3) is 6.08 Å². The second-order valence-electron chi connectivity index (χ2n) is 6.34. The molecule has 7 heteroatoms. The van der Waals surface area contributed by atoms with Gasteiger partial charge in [0, 0.05) is 31.9 Å². The molecule has 0 atom stereocenters. The van der Waals surface area contributed by atoms with Crippen LogP contribution in [0.15, 0.2) is 48.0 Å². The highest BCUT2D eigenvalue weighted by Crippen LogP contribution is 2.35. The maximum Gasteiger partial charge on any atom is 0.264 e. The van der Waals surface area contributed by atoms with Gasteiger partial charge in [0.1, 0.15) is 11.6 Å². The minimum Gasteiger partial charge on any atom is -0.503 e. The fourth-order valence-electron chi connectivity index (χ4n) is 3.12. The number of carbonyl (C=O) groups is 1. The monoisotopic (exact) mass is 397 g/mol. The Labute approximate surface area is 168 Å². The van der Waals surface area contributed by atoms with Gasteiger partial charge in [-0.05, 0) is 35.9 Å². The highest BCUT2D eigenvalue weighted by atomic mass is 35.5. The van der Waals surface area contributed by atoms with Gasteiger partial charge in [-0.15, -0.1) is 0 Å². The Bertz CT molecular complexity index is 930. The van der Waals surface area contributed by atoms with Crippen LogP contribution >= 0.6 is 11.6 Å². The van der Waals surface area contributed by atoms with Crippen molar-refractivity contribution in [2.75, 3.05) is 38.2 Å². The van der Waals surface area contributed by atoms with Crippen LogP contribution in [0.5, 0.6) is 11.5 Å². The average Bonchev–Trinajstić information content (AvgIpc) is 2.74. The predicted molar refractivity (Wildman–Crippen MR) is 108 cm³/mol. The lowest BCUT2D eigenvalue weighted by Gasteiger charge is -2.36. The van der Waals surface area contributed by atoms with Crippen molar-refractivity contribution in [1.29, 1.82) is 5.26 Å². The van der Waals surface area contributed by atoms with E-state index >= 15 is 0 Å². The number of nitrogens with zero attached hydrogens (tertiary/aromatic N) is 3. The first-order valence-corrected chi connectivity index (χ1v) is 9.19. The third-order valence-electron chi connectivity index (χ3n) is 4.62. The summed E-state index contributed by atoms with van der Waals surface area (Å²) in [4.78, 5) is 16.7. The van der Waals surface area contributed by atoms with Crippen LogP contribution in [-0.2, 0) is 4.79 Å². The summed E-state index contributed by atoms with van der Waals surface area (Å²) in [5.41, 5.74) is 1.64. The third kappa shape index (κ3) is 4.21. The predicted octanol–water partition coefficient (Wildman–Crippen LogP) is 3.31. The lowest BCUT2D eigenvalue weighted by Crippen LogP contribution is -2.49. The number of aromatic hydroxyl groups is 1. The number of carbonyl (C=O) groups excluding carboxylic acids is 1. The molecule has 0 saturated carbocycles. The molecular weight excluding hydrogens is 378 g/mol. The van der Waals surface area contributed by atoms with E-state index in [1.165, 1.54) is 25.3 Å². The number of rotatable bonds is 4. The molecule has 6 nitrogen and oxygen atoms in total. The van der Waals surface area contributed by atoms with Crippen molar-refractivity contribution >= 4 is 29.3 Å². The van der Waals surface area contributed by atoms with Crippen molar-refractivity contribution in [3.63, 3.8) is 0 Å². The first-order valence-electron chi connectivity index (χ1n) is 8.81. The Morgan fingerprint density at radius 1 is 1.21 bits per heavy atom. The summed E-state index contributed by atoms with van der Waals surface area (Å²) in [6.07, 6.45) is 1.46. The van der Waals surface area contributed by atoms with E-state index in [-0.39, 0.29) is 28.0 Å². The van der Waals surface area contributed by atoms with Crippen LogP contribution in [0.1, 0.15) is 5.56 Å². The molecular formula is C21H20ClN3O3. The molecule has 1 fully saturated rings. The Balaban J connectivity index is 1.73. The van der Waals surface area contributed by atoms with Crippen LogP contribution in [0.3, 0.4) is 0 Å². The number of methoxy groups -OCH3 is 1. The molecule has 1 amide bonds. The molecule has 1 aliphatic rings. The molecule has 1 N–H and O–H groups in total. The summed E-state index contributed by atoms with van der Waals surface area (Å²) in [5, 5.41) is 19.4. The number of benzene rings is 2. The molecule has 1 aliphatic heterocycles. The third-order valence-corrected chi connectivity index (χ3v) is 4.91. The Kier molecular flexibility index (Phi) is 6.07. The van der Waals surface area contributed by atoms with Crippen LogP contribution < -0.4 is 9.64 Å². The fourth-order valence-corrected chi connectivity index (χ4v) is 3.34. The number of piperazine rings is 1. The smallest absolute Gasteiger partial charge is 0.264 e. The maximum atomic E-state index is 12.8. The van der Waals surface area contributed by atoms with Gasteiger partial charge >= 0.3 is 0 Å². The first kappa shape index (κ1) is 19.6. The van der Waals surface area contributed by atoms with E-state index in [9.17, 15) is 15.2 Å². The molecule has 144 valence electrons. The van der Waals surface area contributed by atoms with E-state index in [2.05, 4.69) is 4.90 Å². The summed E-state index contributed by atoms with van der Waals surface area (Å²) in [5.74, 6) is -0.318. The molecule has 28 heavy (non-hydrogen) atoms. The molecule has 1 saturated heterocycles. The van der Waals surface area contributed by atoms with Crippen molar-refractivity contribution in [3.05, 3.63) is 58.6 Å². The summed E-state index contributed by atoms with van der Waals surface area (Å²) in [7, 11) is 1.40. The second-order valence-corrected chi connectivity index (χ2v) is 6.75. The number of phenols is 1. The van der Waals surface area contributed by atoms with Crippen molar-refractivity contribution in [3.8, 4) is 17.6 Å². The summed E-state index contributed by atoms with van der Waals surface area (Å²) in [6.45, 7) is 2.47. The summed E-state index contributed by atoms with van der Waals surface area (Å²) >= 11 is 5.98. The molecule has 0 bridgehead atoms. The average molecular weight is 398 g/mol. The molecule has 3 rings (SSSR count). The number of hydrogen-bond donors (Lipinski definition) is 1. The zero-order chi connectivity index (χ0) is 20.1. The highest BCUT2D eigenvalue weighted by Gasteiger charge is 2.24. The molecule has 0 radical (unpaired) electrons. The quantitative estimate of drug-likeness (QED) is 0.632. The van der Waals surface area contributed by atoms with E-state index in [4.69, 9.17) is 16.3 Å². The van der Waals surface area contributed by atoms with E-state index in [0.29, 0.717) is 31.7 Å². The van der Waals surface area contributed by atoms with Crippen molar-refractivity contribution < 1.29 is 14.6 Å². The molecule has 2 aromatic carbocycles. The molecule has 0 aromatic heterocycles. The maximum absolute atomic E-state index is 12.8. The topological polar surface area (TPSA) is 76.8 Å². The van der Waals surface area contributed by atoms with Crippen LogP contribution in [0.2, 0.25) is 5.02 Å². The number of halogens is 1. The van der Waals surface area contributed by atoms with Gasteiger partial charge in [-0.25, -0.2) is 0 Å². The molecule has 0 aliphatic carbocycles. The van der Waals surface area contributed by atoms with E-state index in [0.717, 1.165) is 5.69 Å². The Morgan fingerprint density at radius 2 is 1.89 bits per heavy atom. The van der Waals surface area contributed by atoms with Crippen molar-refractivity contribution in [2.45, 2.75) is 0 Å². The molecule has 0 spiro atoms. The summed E-state index contributed by atoms with van der Waals surface area (Å²) < 4.78 is 5.06.